The normalized spacial score (nSPS) is 16.2. The van der Waals surface area contributed by atoms with Gasteiger partial charge in [-0.2, -0.15) is 0 Å². The summed E-state index contributed by atoms with van der Waals surface area (Å²) in [6, 6.07) is 10.1. The fraction of sp³-hybridized carbons (Fsp3) is 0.280. The van der Waals surface area contributed by atoms with Gasteiger partial charge in [-0.15, -0.1) is 11.3 Å². The number of pyridine rings is 1. The van der Waals surface area contributed by atoms with Gasteiger partial charge in [0.2, 0.25) is 0 Å². The second kappa shape index (κ2) is 9.23. The highest BCUT2D eigenvalue weighted by Crippen LogP contribution is 2.29. The molecule has 0 unspecified atom stereocenters. The van der Waals surface area contributed by atoms with Gasteiger partial charge < -0.3 is 9.32 Å². The summed E-state index contributed by atoms with van der Waals surface area (Å²) < 4.78 is 19.1. The van der Waals surface area contributed by atoms with E-state index in [0.717, 1.165) is 40.4 Å². The largest absolute Gasteiger partial charge is 0.445 e. The van der Waals surface area contributed by atoms with E-state index in [0.29, 0.717) is 31.0 Å². The van der Waals surface area contributed by atoms with Crippen LogP contribution < -0.4 is 0 Å². The molecule has 1 aliphatic heterocycles. The van der Waals surface area contributed by atoms with Gasteiger partial charge >= 0.3 is 0 Å². The van der Waals surface area contributed by atoms with Crippen molar-refractivity contribution in [2.75, 3.05) is 13.1 Å². The van der Waals surface area contributed by atoms with Crippen LogP contribution in [0.25, 0.3) is 10.6 Å². The van der Waals surface area contributed by atoms with E-state index < -0.39 is 0 Å². The molecule has 0 aliphatic carbocycles. The highest BCUT2D eigenvalue weighted by Gasteiger charge is 2.28. The lowest BCUT2D eigenvalue weighted by atomic mass is 9.97. The smallest absolute Gasteiger partial charge is 0.255 e. The van der Waals surface area contributed by atoms with E-state index in [2.05, 4.69) is 15.0 Å². The SMILES string of the molecule is Cc1ncsc1-c1ccc(C(=O)N2CCC[C@@H](c3ncc(Cc4ccc(F)cc4)o3)C2)cn1. The van der Waals surface area contributed by atoms with Gasteiger partial charge in [-0.3, -0.25) is 9.78 Å². The van der Waals surface area contributed by atoms with E-state index in [9.17, 15) is 9.18 Å². The number of benzene rings is 1. The number of aromatic nitrogens is 3. The van der Waals surface area contributed by atoms with Crippen LogP contribution in [0.2, 0.25) is 0 Å². The first-order chi connectivity index (χ1) is 16.1. The lowest BCUT2D eigenvalue weighted by Gasteiger charge is -2.31. The molecule has 8 heteroatoms. The average molecular weight is 463 g/mol. The number of amides is 1. The number of carbonyl (C=O) groups is 1. The van der Waals surface area contributed by atoms with Crippen LogP contribution in [-0.4, -0.2) is 38.8 Å². The molecule has 6 nitrogen and oxygen atoms in total. The van der Waals surface area contributed by atoms with Gasteiger partial charge in [0, 0.05) is 25.7 Å². The predicted octanol–water partition coefficient (Wildman–Crippen LogP) is 5.25. The second-order valence-electron chi connectivity index (χ2n) is 8.26. The number of nitrogens with zero attached hydrogens (tertiary/aromatic N) is 4. The van der Waals surface area contributed by atoms with Crippen molar-refractivity contribution in [3.8, 4) is 10.6 Å². The number of carbonyl (C=O) groups excluding carboxylic acids is 1. The first-order valence-corrected chi connectivity index (χ1v) is 11.8. The van der Waals surface area contributed by atoms with Crippen LogP contribution in [-0.2, 0) is 6.42 Å². The van der Waals surface area contributed by atoms with E-state index >= 15 is 0 Å². The molecular formula is C25H23FN4O2S. The van der Waals surface area contributed by atoms with Gasteiger partial charge in [0.15, 0.2) is 5.89 Å². The minimum Gasteiger partial charge on any atom is -0.445 e. The van der Waals surface area contributed by atoms with Crippen molar-refractivity contribution in [3.63, 3.8) is 0 Å². The van der Waals surface area contributed by atoms with Crippen LogP contribution in [0.5, 0.6) is 0 Å². The number of hydrogen-bond donors (Lipinski definition) is 0. The molecule has 0 N–H and O–H groups in total. The molecule has 1 atom stereocenters. The number of halogens is 1. The molecule has 1 aromatic carbocycles. The molecule has 4 aromatic rings. The molecule has 1 saturated heterocycles. The minimum atomic E-state index is -0.257. The average Bonchev–Trinajstić information content (AvgIpc) is 3.49. The molecule has 0 bridgehead atoms. The standard InChI is InChI=1S/C25H23FN4O2S/c1-16-23(33-15-29-16)22-9-6-18(12-27-22)25(31)30-10-2-3-19(14-30)24-28-13-21(32-24)11-17-4-7-20(26)8-5-17/h4-9,12-13,15,19H,2-3,10-11,14H2,1H3/t19-/m1/s1. The molecule has 0 radical (unpaired) electrons. The lowest BCUT2D eigenvalue weighted by molar-refractivity contribution is 0.0697. The van der Waals surface area contributed by atoms with E-state index in [4.69, 9.17) is 4.42 Å². The summed E-state index contributed by atoms with van der Waals surface area (Å²) in [5.74, 6) is 1.15. The Hall–Kier alpha value is -3.39. The molecule has 4 heterocycles. The highest BCUT2D eigenvalue weighted by molar-refractivity contribution is 7.13. The van der Waals surface area contributed by atoms with Crippen molar-refractivity contribution in [2.24, 2.45) is 0 Å². The maximum Gasteiger partial charge on any atom is 0.255 e. The van der Waals surface area contributed by atoms with Gasteiger partial charge in [-0.1, -0.05) is 12.1 Å². The van der Waals surface area contributed by atoms with E-state index in [-0.39, 0.29) is 17.6 Å². The molecule has 0 saturated carbocycles. The van der Waals surface area contributed by atoms with Crippen molar-refractivity contribution in [3.05, 3.63) is 88.6 Å². The van der Waals surface area contributed by atoms with Gasteiger partial charge in [0.25, 0.3) is 5.91 Å². The number of oxazole rings is 1. The summed E-state index contributed by atoms with van der Waals surface area (Å²) in [7, 11) is 0. The van der Waals surface area contributed by atoms with Crippen molar-refractivity contribution in [1.29, 1.82) is 0 Å². The fourth-order valence-corrected chi connectivity index (χ4v) is 4.93. The third kappa shape index (κ3) is 4.71. The zero-order chi connectivity index (χ0) is 22.8. The van der Waals surface area contributed by atoms with Crippen molar-refractivity contribution >= 4 is 17.2 Å². The number of likely N-dealkylation sites (tertiary alicyclic amines) is 1. The third-order valence-corrected chi connectivity index (χ3v) is 6.86. The molecule has 3 aromatic heterocycles. The third-order valence-electron chi connectivity index (χ3n) is 5.91. The molecule has 1 amide bonds. The maximum absolute atomic E-state index is 13.1. The summed E-state index contributed by atoms with van der Waals surface area (Å²) in [5.41, 5.74) is 5.11. The summed E-state index contributed by atoms with van der Waals surface area (Å²) in [4.78, 5) is 29.2. The number of rotatable bonds is 5. The molecule has 168 valence electrons. The predicted molar refractivity (Wildman–Crippen MR) is 124 cm³/mol. The molecule has 5 rings (SSSR count). The van der Waals surface area contributed by atoms with Crippen molar-refractivity contribution < 1.29 is 13.6 Å². The van der Waals surface area contributed by atoms with Gasteiger partial charge in [0.1, 0.15) is 11.6 Å². The molecule has 0 spiro atoms. The minimum absolute atomic E-state index is 0.0298. The van der Waals surface area contributed by atoms with E-state index in [1.807, 2.05) is 24.0 Å². The van der Waals surface area contributed by atoms with Crippen LogP contribution in [0, 0.1) is 12.7 Å². The Morgan fingerprint density at radius 2 is 2.00 bits per heavy atom. The zero-order valence-electron chi connectivity index (χ0n) is 18.2. The van der Waals surface area contributed by atoms with Crippen molar-refractivity contribution in [1.82, 2.24) is 19.9 Å². The van der Waals surface area contributed by atoms with Crippen molar-refractivity contribution in [2.45, 2.75) is 32.1 Å². The Balaban J connectivity index is 1.25. The van der Waals surface area contributed by atoms with Crippen LogP contribution >= 0.6 is 11.3 Å². The second-order valence-corrected chi connectivity index (χ2v) is 9.11. The zero-order valence-corrected chi connectivity index (χ0v) is 19.0. The quantitative estimate of drug-likeness (QED) is 0.405. The number of piperidine rings is 1. The first kappa shape index (κ1) is 21.5. The Kier molecular flexibility index (Phi) is 6.00. The summed E-state index contributed by atoms with van der Waals surface area (Å²) in [6.45, 7) is 3.22. The number of thiazole rings is 1. The summed E-state index contributed by atoms with van der Waals surface area (Å²) >= 11 is 1.54. The van der Waals surface area contributed by atoms with Gasteiger partial charge in [0.05, 0.1) is 39.5 Å². The van der Waals surface area contributed by atoms with Crippen LogP contribution in [0.4, 0.5) is 4.39 Å². The Morgan fingerprint density at radius 3 is 2.73 bits per heavy atom. The van der Waals surface area contributed by atoms with Crippen LogP contribution in [0.15, 0.2) is 58.7 Å². The fourth-order valence-electron chi connectivity index (χ4n) is 4.14. The Labute approximate surface area is 195 Å². The summed E-state index contributed by atoms with van der Waals surface area (Å²) in [5, 5.41) is 0. The Morgan fingerprint density at radius 1 is 1.15 bits per heavy atom. The molecule has 1 aliphatic rings. The topological polar surface area (TPSA) is 72.1 Å². The van der Waals surface area contributed by atoms with Gasteiger partial charge in [-0.25, -0.2) is 14.4 Å². The van der Waals surface area contributed by atoms with Gasteiger partial charge in [-0.05, 0) is 49.6 Å². The number of aryl methyl sites for hydroxylation is 1. The van der Waals surface area contributed by atoms with Crippen LogP contribution in [0.1, 0.15) is 52.0 Å². The molecule has 1 fully saturated rings. The maximum atomic E-state index is 13.1. The number of hydrogen-bond acceptors (Lipinski definition) is 6. The molecule has 33 heavy (non-hydrogen) atoms. The summed E-state index contributed by atoms with van der Waals surface area (Å²) in [6.07, 6.45) is 5.73. The highest BCUT2D eigenvalue weighted by atomic mass is 32.1. The molecular weight excluding hydrogens is 439 g/mol. The Bertz CT molecular complexity index is 1250. The lowest BCUT2D eigenvalue weighted by Crippen LogP contribution is -2.39. The first-order valence-electron chi connectivity index (χ1n) is 10.9. The van der Waals surface area contributed by atoms with E-state index in [1.165, 1.54) is 12.1 Å². The van der Waals surface area contributed by atoms with Crippen LogP contribution in [0.3, 0.4) is 0 Å². The van der Waals surface area contributed by atoms with E-state index in [1.54, 1.807) is 41.4 Å². The monoisotopic (exact) mass is 462 g/mol.